The van der Waals surface area contributed by atoms with Crippen LogP contribution < -0.4 is 15.8 Å². The summed E-state index contributed by atoms with van der Waals surface area (Å²) in [5, 5.41) is 4.93. The maximum Gasteiger partial charge on any atom is 0.266 e. The average molecular weight is 455 g/mol. The first-order valence-electron chi connectivity index (χ1n) is 8.78. The highest BCUT2D eigenvalue weighted by molar-refractivity contribution is 7.93. The van der Waals surface area contributed by atoms with Gasteiger partial charge in [-0.15, -0.1) is 11.3 Å². The van der Waals surface area contributed by atoms with E-state index in [0.717, 1.165) is 35.5 Å². The topological polar surface area (TPSA) is 97.1 Å². The van der Waals surface area contributed by atoms with E-state index in [4.69, 9.17) is 17.3 Å². The van der Waals surface area contributed by atoms with E-state index in [9.17, 15) is 12.8 Å². The quantitative estimate of drug-likeness (QED) is 0.454. The van der Waals surface area contributed by atoms with Gasteiger partial charge in [-0.25, -0.2) is 17.8 Å². The van der Waals surface area contributed by atoms with E-state index in [-0.39, 0.29) is 16.1 Å². The molecular weight excluding hydrogens is 435 g/mol. The summed E-state index contributed by atoms with van der Waals surface area (Å²) in [6, 6.07) is 12.1. The zero-order valence-corrected chi connectivity index (χ0v) is 17.7. The molecule has 4 N–H and O–H groups in total. The van der Waals surface area contributed by atoms with Crippen molar-refractivity contribution in [1.29, 1.82) is 0 Å². The molecule has 1 aromatic heterocycles. The first kappa shape index (κ1) is 21.5. The van der Waals surface area contributed by atoms with Gasteiger partial charge in [0.1, 0.15) is 10.7 Å². The van der Waals surface area contributed by atoms with E-state index in [0.29, 0.717) is 18.8 Å². The minimum atomic E-state index is -4.14. The predicted octanol–water partition coefficient (Wildman–Crippen LogP) is 3.97. The van der Waals surface area contributed by atoms with E-state index >= 15 is 0 Å². The lowest BCUT2D eigenvalue weighted by atomic mass is 9.99. The van der Waals surface area contributed by atoms with E-state index in [1.54, 1.807) is 5.38 Å². The van der Waals surface area contributed by atoms with Crippen molar-refractivity contribution >= 4 is 43.8 Å². The van der Waals surface area contributed by atoms with Crippen LogP contribution in [-0.4, -0.2) is 26.5 Å². The maximum atomic E-state index is 14.5. The highest BCUT2D eigenvalue weighted by Gasteiger charge is 2.22. The van der Waals surface area contributed by atoms with Crippen LogP contribution in [0, 0.1) is 11.7 Å². The summed E-state index contributed by atoms with van der Waals surface area (Å²) < 4.78 is 41.6. The summed E-state index contributed by atoms with van der Waals surface area (Å²) in [4.78, 5) is 3.30. The second-order valence-electron chi connectivity index (χ2n) is 6.38. The van der Waals surface area contributed by atoms with Crippen LogP contribution in [0.2, 0.25) is 5.02 Å². The number of hydrogen-bond donors (Lipinski definition) is 3. The minimum absolute atomic E-state index is 0.0985. The number of sulfonamides is 1. The van der Waals surface area contributed by atoms with Crippen LogP contribution >= 0.6 is 22.9 Å². The Labute approximate surface area is 178 Å². The minimum Gasteiger partial charge on any atom is -0.383 e. The van der Waals surface area contributed by atoms with E-state index < -0.39 is 20.7 Å². The molecule has 154 valence electrons. The first-order valence-corrected chi connectivity index (χ1v) is 11.5. The van der Waals surface area contributed by atoms with Crippen molar-refractivity contribution in [2.75, 3.05) is 23.1 Å². The Bertz CT molecular complexity index is 1050. The highest BCUT2D eigenvalue weighted by atomic mass is 35.5. The fraction of sp³-hybridized carbons (Fsp3) is 0.211. The second-order valence-corrected chi connectivity index (χ2v) is 9.33. The number of rotatable bonds is 9. The fourth-order valence-corrected chi connectivity index (χ4v) is 4.92. The Morgan fingerprint density at radius 1 is 1.24 bits per heavy atom. The first-order chi connectivity index (χ1) is 13.9. The van der Waals surface area contributed by atoms with Crippen LogP contribution in [0.3, 0.4) is 0 Å². The molecule has 6 nitrogen and oxygen atoms in total. The van der Waals surface area contributed by atoms with Crippen LogP contribution in [-0.2, 0) is 16.4 Å². The lowest BCUT2D eigenvalue weighted by Crippen LogP contribution is -2.25. The lowest BCUT2D eigenvalue weighted by molar-refractivity contribution is 0.561. The van der Waals surface area contributed by atoms with Crippen LogP contribution in [0.25, 0.3) is 0 Å². The van der Waals surface area contributed by atoms with E-state index in [1.807, 2.05) is 30.3 Å². The Balaban J connectivity index is 1.71. The number of hydrogen-bond acceptors (Lipinski definition) is 6. The van der Waals surface area contributed by atoms with Crippen molar-refractivity contribution in [2.24, 2.45) is 11.7 Å². The van der Waals surface area contributed by atoms with E-state index in [2.05, 4.69) is 15.0 Å². The molecule has 0 bridgehead atoms. The molecule has 0 unspecified atom stereocenters. The molecule has 1 atom stereocenters. The molecule has 10 heteroatoms. The van der Waals surface area contributed by atoms with Gasteiger partial charge in [0.15, 0.2) is 5.13 Å². The normalized spacial score (nSPS) is 12.5. The molecule has 29 heavy (non-hydrogen) atoms. The number of nitrogens with two attached hydrogens (primary N) is 1. The molecule has 3 aromatic rings. The summed E-state index contributed by atoms with van der Waals surface area (Å²) in [6.45, 7) is 0.903. The van der Waals surface area contributed by atoms with Gasteiger partial charge >= 0.3 is 0 Å². The number of nitrogens with zero attached hydrogens (tertiary/aromatic N) is 1. The van der Waals surface area contributed by atoms with Crippen molar-refractivity contribution in [3.8, 4) is 0 Å². The molecule has 0 spiro atoms. The average Bonchev–Trinajstić information content (AvgIpc) is 3.20. The zero-order valence-electron chi connectivity index (χ0n) is 15.3. The van der Waals surface area contributed by atoms with Crippen molar-refractivity contribution in [2.45, 2.75) is 11.3 Å². The monoisotopic (exact) mass is 454 g/mol. The number of halogens is 2. The molecule has 0 aliphatic carbocycles. The Morgan fingerprint density at radius 2 is 2.00 bits per heavy atom. The third-order valence-electron chi connectivity index (χ3n) is 4.25. The van der Waals surface area contributed by atoms with Crippen molar-refractivity contribution in [3.05, 3.63) is 70.4 Å². The Morgan fingerprint density at radius 3 is 2.66 bits per heavy atom. The standard InChI is InChI=1S/C19H20ClFN4O2S2/c20-15-9-18(29(26,27)25-19-23-6-7-28-19)16(21)10-17(15)24-12-14(11-22)8-13-4-2-1-3-5-13/h1-7,9-10,14,24H,8,11-12,22H2,(H,23,25)/t14-/m1/s1. The van der Waals surface area contributed by atoms with Crippen LogP contribution in [0.4, 0.5) is 15.2 Å². The number of benzene rings is 2. The summed E-state index contributed by atoms with van der Waals surface area (Å²) in [5.74, 6) is -0.806. The zero-order chi connectivity index (χ0) is 20.9. The van der Waals surface area contributed by atoms with Gasteiger partial charge in [0.2, 0.25) is 0 Å². The summed E-state index contributed by atoms with van der Waals surface area (Å²) in [6.07, 6.45) is 2.21. The fourth-order valence-electron chi connectivity index (χ4n) is 2.75. The smallest absolute Gasteiger partial charge is 0.266 e. The Hall–Kier alpha value is -2.20. The molecule has 0 amide bonds. The van der Waals surface area contributed by atoms with Crippen LogP contribution in [0.15, 0.2) is 58.9 Å². The number of aromatic nitrogens is 1. The maximum absolute atomic E-state index is 14.5. The Kier molecular flexibility index (Phi) is 7.07. The summed E-state index contributed by atoms with van der Waals surface area (Å²) >= 11 is 7.30. The molecule has 2 aromatic carbocycles. The molecule has 0 saturated heterocycles. The molecule has 0 aliphatic heterocycles. The molecule has 0 fully saturated rings. The molecule has 0 radical (unpaired) electrons. The number of nitrogens with one attached hydrogen (secondary N) is 2. The molecule has 1 heterocycles. The van der Waals surface area contributed by atoms with Crippen molar-refractivity contribution in [3.63, 3.8) is 0 Å². The van der Waals surface area contributed by atoms with Gasteiger partial charge < -0.3 is 11.1 Å². The second kappa shape index (κ2) is 9.53. The largest absolute Gasteiger partial charge is 0.383 e. The number of anilines is 2. The summed E-state index contributed by atoms with van der Waals surface area (Å²) in [7, 11) is -4.14. The molecule has 0 aliphatic rings. The molecule has 3 rings (SSSR count). The van der Waals surface area contributed by atoms with Gasteiger partial charge in [-0.1, -0.05) is 41.9 Å². The van der Waals surface area contributed by atoms with Gasteiger partial charge in [0.05, 0.1) is 10.7 Å². The summed E-state index contributed by atoms with van der Waals surface area (Å²) in [5.41, 5.74) is 7.32. The third-order valence-corrected chi connectivity index (χ3v) is 6.73. The SMILES string of the molecule is NC[C@H](CNc1cc(F)c(S(=O)(=O)Nc2nccs2)cc1Cl)Cc1ccccc1. The van der Waals surface area contributed by atoms with Gasteiger partial charge in [-0.05, 0) is 36.6 Å². The molecule has 0 saturated carbocycles. The van der Waals surface area contributed by atoms with Crippen LogP contribution in [0.5, 0.6) is 0 Å². The molecular formula is C19H20ClFN4O2S2. The van der Waals surface area contributed by atoms with Crippen LogP contribution in [0.1, 0.15) is 5.56 Å². The highest BCUT2D eigenvalue weighted by Crippen LogP contribution is 2.29. The van der Waals surface area contributed by atoms with Crippen molar-refractivity contribution < 1.29 is 12.8 Å². The predicted molar refractivity (Wildman–Crippen MR) is 116 cm³/mol. The van der Waals surface area contributed by atoms with Gasteiger partial charge in [-0.2, -0.15) is 0 Å². The van der Waals surface area contributed by atoms with Gasteiger partial charge in [-0.3, -0.25) is 4.72 Å². The van der Waals surface area contributed by atoms with Crippen molar-refractivity contribution in [1.82, 2.24) is 4.98 Å². The van der Waals surface area contributed by atoms with Gasteiger partial charge in [0, 0.05) is 18.1 Å². The number of thiazole rings is 1. The third kappa shape index (κ3) is 5.66. The van der Waals surface area contributed by atoms with E-state index in [1.165, 1.54) is 6.20 Å². The van der Waals surface area contributed by atoms with Gasteiger partial charge in [0.25, 0.3) is 10.0 Å². The lowest BCUT2D eigenvalue weighted by Gasteiger charge is -2.18.